The van der Waals surface area contributed by atoms with E-state index in [1.165, 1.54) is 0 Å². The Bertz CT molecular complexity index is 396. The molecule has 2 nitrogen and oxygen atoms in total. The summed E-state index contributed by atoms with van der Waals surface area (Å²) >= 11 is 0. The molecule has 1 aromatic rings. The van der Waals surface area contributed by atoms with Crippen molar-refractivity contribution in [3.05, 3.63) is 35.1 Å². The Balaban J connectivity index is 1.93. The summed E-state index contributed by atoms with van der Waals surface area (Å²) in [4.78, 5) is 0. The van der Waals surface area contributed by atoms with Crippen molar-refractivity contribution in [3.8, 4) is 0 Å². The van der Waals surface area contributed by atoms with Gasteiger partial charge in [0, 0.05) is 19.2 Å². The molecule has 1 fully saturated rings. The SMILES string of the molecule is CC(NCc1cc(F)c(F)c(F)c1)C1CCOC1. The van der Waals surface area contributed by atoms with E-state index in [0.717, 1.165) is 25.2 Å². The van der Waals surface area contributed by atoms with E-state index in [4.69, 9.17) is 4.74 Å². The number of rotatable bonds is 4. The van der Waals surface area contributed by atoms with Crippen molar-refractivity contribution in [2.24, 2.45) is 5.92 Å². The lowest BCUT2D eigenvalue weighted by molar-refractivity contribution is 0.178. The highest BCUT2D eigenvalue weighted by molar-refractivity contribution is 5.19. The van der Waals surface area contributed by atoms with Gasteiger partial charge in [0.2, 0.25) is 0 Å². The van der Waals surface area contributed by atoms with Gasteiger partial charge in [0.15, 0.2) is 17.5 Å². The second kappa shape index (κ2) is 5.71. The molecule has 2 unspecified atom stereocenters. The van der Waals surface area contributed by atoms with E-state index in [0.29, 0.717) is 24.6 Å². The zero-order valence-corrected chi connectivity index (χ0v) is 10.2. The molecule has 0 saturated carbocycles. The molecule has 1 heterocycles. The van der Waals surface area contributed by atoms with Crippen molar-refractivity contribution in [2.75, 3.05) is 13.2 Å². The number of nitrogens with one attached hydrogen (secondary N) is 1. The molecule has 1 aliphatic rings. The van der Waals surface area contributed by atoms with E-state index in [9.17, 15) is 13.2 Å². The third-order valence-corrected chi connectivity index (χ3v) is 3.34. The quantitative estimate of drug-likeness (QED) is 0.839. The molecular weight excluding hydrogens is 243 g/mol. The van der Waals surface area contributed by atoms with E-state index in [1.807, 2.05) is 6.92 Å². The first kappa shape index (κ1) is 13.4. The van der Waals surface area contributed by atoms with Crippen LogP contribution in [0.15, 0.2) is 12.1 Å². The van der Waals surface area contributed by atoms with Gasteiger partial charge in [-0.05, 0) is 37.0 Å². The average molecular weight is 259 g/mol. The molecule has 1 saturated heterocycles. The van der Waals surface area contributed by atoms with E-state index in [2.05, 4.69) is 5.32 Å². The van der Waals surface area contributed by atoms with Crippen LogP contribution in [-0.2, 0) is 11.3 Å². The highest BCUT2D eigenvalue weighted by Gasteiger charge is 2.22. The van der Waals surface area contributed by atoms with Crippen molar-refractivity contribution in [2.45, 2.75) is 25.9 Å². The summed E-state index contributed by atoms with van der Waals surface area (Å²) < 4.78 is 44.0. The Hall–Kier alpha value is -1.07. The van der Waals surface area contributed by atoms with Gasteiger partial charge in [-0.15, -0.1) is 0 Å². The fourth-order valence-corrected chi connectivity index (χ4v) is 2.10. The lowest BCUT2D eigenvalue weighted by Crippen LogP contribution is -2.33. The van der Waals surface area contributed by atoms with E-state index in [1.54, 1.807) is 0 Å². The van der Waals surface area contributed by atoms with Gasteiger partial charge < -0.3 is 10.1 Å². The molecule has 2 atom stereocenters. The van der Waals surface area contributed by atoms with E-state index < -0.39 is 17.5 Å². The second-order valence-electron chi connectivity index (χ2n) is 4.67. The van der Waals surface area contributed by atoms with Crippen LogP contribution in [0.2, 0.25) is 0 Å². The first-order valence-electron chi connectivity index (χ1n) is 6.02. The minimum Gasteiger partial charge on any atom is -0.381 e. The van der Waals surface area contributed by atoms with Gasteiger partial charge >= 0.3 is 0 Å². The molecule has 0 amide bonds. The maximum Gasteiger partial charge on any atom is 0.194 e. The average Bonchev–Trinajstić information content (AvgIpc) is 2.86. The maximum atomic E-state index is 13.0. The van der Waals surface area contributed by atoms with Crippen LogP contribution >= 0.6 is 0 Å². The predicted molar refractivity (Wildman–Crippen MR) is 61.5 cm³/mol. The Labute approximate surface area is 104 Å². The van der Waals surface area contributed by atoms with Crippen molar-refractivity contribution in [1.29, 1.82) is 0 Å². The van der Waals surface area contributed by atoms with Crippen molar-refractivity contribution < 1.29 is 17.9 Å². The smallest absolute Gasteiger partial charge is 0.194 e. The molecule has 0 spiro atoms. The first-order valence-corrected chi connectivity index (χ1v) is 6.02. The van der Waals surface area contributed by atoms with Crippen molar-refractivity contribution in [1.82, 2.24) is 5.32 Å². The Kier molecular flexibility index (Phi) is 4.24. The normalized spacial score (nSPS) is 21.2. The molecule has 1 N–H and O–H groups in total. The van der Waals surface area contributed by atoms with Crippen LogP contribution in [0.4, 0.5) is 13.2 Å². The Morgan fingerprint density at radius 2 is 2.00 bits per heavy atom. The molecule has 18 heavy (non-hydrogen) atoms. The fourth-order valence-electron chi connectivity index (χ4n) is 2.10. The number of hydrogen-bond donors (Lipinski definition) is 1. The summed E-state index contributed by atoms with van der Waals surface area (Å²) in [5.74, 6) is -3.30. The molecule has 5 heteroatoms. The molecule has 1 aromatic carbocycles. The van der Waals surface area contributed by atoms with Crippen molar-refractivity contribution >= 4 is 0 Å². The largest absolute Gasteiger partial charge is 0.381 e. The third-order valence-electron chi connectivity index (χ3n) is 3.34. The summed E-state index contributed by atoms with van der Waals surface area (Å²) in [7, 11) is 0. The number of hydrogen-bond acceptors (Lipinski definition) is 2. The second-order valence-corrected chi connectivity index (χ2v) is 4.67. The highest BCUT2D eigenvalue weighted by atomic mass is 19.2. The molecule has 0 aromatic heterocycles. The first-order chi connectivity index (χ1) is 8.58. The minimum atomic E-state index is -1.42. The van der Waals surface area contributed by atoms with Gasteiger partial charge in [-0.1, -0.05) is 0 Å². The number of benzene rings is 1. The summed E-state index contributed by atoms with van der Waals surface area (Å²) in [5, 5.41) is 3.18. The van der Waals surface area contributed by atoms with Crippen LogP contribution < -0.4 is 5.32 Å². The summed E-state index contributed by atoms with van der Waals surface area (Å²) in [6.45, 7) is 3.79. The standard InChI is InChI=1S/C13H16F3NO/c1-8(10-2-3-18-7-10)17-6-9-4-11(14)13(16)12(15)5-9/h4-5,8,10,17H,2-3,6-7H2,1H3. The Morgan fingerprint density at radius 3 is 2.56 bits per heavy atom. The molecule has 1 aliphatic heterocycles. The lowest BCUT2D eigenvalue weighted by Gasteiger charge is -2.19. The van der Waals surface area contributed by atoms with Crippen LogP contribution in [0.1, 0.15) is 18.9 Å². The minimum absolute atomic E-state index is 0.198. The third kappa shape index (κ3) is 3.03. The lowest BCUT2D eigenvalue weighted by atomic mass is 10.0. The molecule has 0 bridgehead atoms. The fraction of sp³-hybridized carbons (Fsp3) is 0.538. The Morgan fingerprint density at radius 1 is 1.33 bits per heavy atom. The molecule has 100 valence electrons. The van der Waals surface area contributed by atoms with Gasteiger partial charge in [-0.2, -0.15) is 0 Å². The molecule has 2 rings (SSSR count). The van der Waals surface area contributed by atoms with Crippen LogP contribution in [0, 0.1) is 23.4 Å². The maximum absolute atomic E-state index is 13.0. The summed E-state index contributed by atoms with van der Waals surface area (Å²) in [6.07, 6.45) is 0.986. The molecule has 0 radical (unpaired) electrons. The molecule has 0 aliphatic carbocycles. The highest BCUT2D eigenvalue weighted by Crippen LogP contribution is 2.18. The zero-order chi connectivity index (χ0) is 13.1. The predicted octanol–water partition coefficient (Wildman–Crippen LogP) is 2.62. The molecular formula is C13H16F3NO. The van der Waals surface area contributed by atoms with Gasteiger partial charge in [-0.25, -0.2) is 13.2 Å². The van der Waals surface area contributed by atoms with Crippen LogP contribution in [0.25, 0.3) is 0 Å². The van der Waals surface area contributed by atoms with Crippen LogP contribution in [0.3, 0.4) is 0 Å². The van der Waals surface area contributed by atoms with Gasteiger partial charge in [0.25, 0.3) is 0 Å². The zero-order valence-electron chi connectivity index (χ0n) is 10.2. The van der Waals surface area contributed by atoms with E-state index >= 15 is 0 Å². The van der Waals surface area contributed by atoms with E-state index in [-0.39, 0.29) is 6.04 Å². The number of ether oxygens (including phenoxy) is 1. The summed E-state index contributed by atoms with van der Waals surface area (Å²) in [5.41, 5.74) is 0.400. The van der Waals surface area contributed by atoms with Gasteiger partial charge in [0.05, 0.1) is 6.61 Å². The summed E-state index contributed by atoms with van der Waals surface area (Å²) in [6, 6.07) is 2.23. The monoisotopic (exact) mass is 259 g/mol. The van der Waals surface area contributed by atoms with Gasteiger partial charge in [-0.3, -0.25) is 0 Å². The van der Waals surface area contributed by atoms with Crippen LogP contribution in [0.5, 0.6) is 0 Å². The van der Waals surface area contributed by atoms with Crippen molar-refractivity contribution in [3.63, 3.8) is 0 Å². The van der Waals surface area contributed by atoms with Crippen LogP contribution in [-0.4, -0.2) is 19.3 Å². The topological polar surface area (TPSA) is 21.3 Å². The van der Waals surface area contributed by atoms with Gasteiger partial charge in [0.1, 0.15) is 0 Å². The number of halogens is 3.